The third kappa shape index (κ3) is 5.85. The van der Waals surface area contributed by atoms with E-state index in [4.69, 9.17) is 23.2 Å². The van der Waals surface area contributed by atoms with Crippen LogP contribution in [0.2, 0.25) is 10.0 Å². The second kappa shape index (κ2) is 10.1. The quantitative estimate of drug-likeness (QED) is 0.551. The van der Waals surface area contributed by atoms with Gasteiger partial charge in [0.05, 0.1) is 28.8 Å². The van der Waals surface area contributed by atoms with Gasteiger partial charge in [-0.1, -0.05) is 59.6 Å². The van der Waals surface area contributed by atoms with Crippen LogP contribution in [-0.4, -0.2) is 34.2 Å². The molecule has 0 aliphatic heterocycles. The molecule has 1 aromatic heterocycles. The first-order valence-corrected chi connectivity index (χ1v) is 10.5. The molecule has 0 aliphatic rings. The molecule has 1 N–H and O–H groups in total. The number of likely N-dealkylation sites (N-methyl/N-ethyl adjacent to an activating group) is 1. The second-order valence-corrected chi connectivity index (χ2v) is 8.30. The molecular formula is C23H26Cl2N4O. The molecule has 1 amide bonds. The van der Waals surface area contributed by atoms with Gasteiger partial charge in [-0.05, 0) is 44.2 Å². The average Bonchev–Trinajstić information content (AvgIpc) is 2.96. The van der Waals surface area contributed by atoms with Gasteiger partial charge < -0.3 is 5.32 Å². The summed E-state index contributed by atoms with van der Waals surface area (Å²) in [7, 11) is 1.90. The van der Waals surface area contributed by atoms with Gasteiger partial charge in [-0.2, -0.15) is 5.10 Å². The average molecular weight is 445 g/mol. The van der Waals surface area contributed by atoms with Crippen LogP contribution in [0.15, 0.2) is 48.5 Å². The lowest BCUT2D eigenvalue weighted by Crippen LogP contribution is -2.34. The molecule has 7 heteroatoms. The predicted molar refractivity (Wildman–Crippen MR) is 122 cm³/mol. The van der Waals surface area contributed by atoms with Crippen molar-refractivity contribution in [3.63, 3.8) is 0 Å². The SMILES string of the molecule is Cc1nn(Cc2ccccc2)c(C)c1CNC(=O)CN(C)Cc1ccc(Cl)c(Cl)c1. The first kappa shape index (κ1) is 22.3. The molecule has 0 unspecified atom stereocenters. The van der Waals surface area contributed by atoms with Crippen molar-refractivity contribution >= 4 is 29.1 Å². The lowest BCUT2D eigenvalue weighted by molar-refractivity contribution is -0.122. The molecule has 0 spiro atoms. The number of nitrogens with one attached hydrogen (secondary N) is 1. The minimum atomic E-state index is -0.0350. The van der Waals surface area contributed by atoms with Crippen LogP contribution >= 0.6 is 23.2 Å². The molecule has 3 rings (SSSR count). The molecule has 2 aromatic carbocycles. The Morgan fingerprint density at radius 3 is 2.50 bits per heavy atom. The Morgan fingerprint density at radius 2 is 1.80 bits per heavy atom. The molecule has 158 valence electrons. The van der Waals surface area contributed by atoms with Crippen molar-refractivity contribution in [2.45, 2.75) is 33.5 Å². The summed E-state index contributed by atoms with van der Waals surface area (Å²) in [6.45, 7) is 6.10. The van der Waals surface area contributed by atoms with Crippen molar-refractivity contribution < 1.29 is 4.79 Å². The summed E-state index contributed by atoms with van der Waals surface area (Å²) >= 11 is 12.0. The molecule has 0 atom stereocenters. The van der Waals surface area contributed by atoms with E-state index in [0.29, 0.717) is 29.7 Å². The highest BCUT2D eigenvalue weighted by Gasteiger charge is 2.14. The predicted octanol–water partition coefficient (Wildman–Crippen LogP) is 4.60. The molecule has 5 nitrogen and oxygen atoms in total. The summed E-state index contributed by atoms with van der Waals surface area (Å²) in [4.78, 5) is 14.4. The highest BCUT2D eigenvalue weighted by molar-refractivity contribution is 6.42. The van der Waals surface area contributed by atoms with Gasteiger partial charge in [0.25, 0.3) is 0 Å². The fraction of sp³-hybridized carbons (Fsp3) is 0.304. The van der Waals surface area contributed by atoms with E-state index in [1.54, 1.807) is 6.07 Å². The minimum Gasteiger partial charge on any atom is -0.351 e. The smallest absolute Gasteiger partial charge is 0.234 e. The fourth-order valence-corrected chi connectivity index (χ4v) is 3.71. The Hall–Kier alpha value is -2.34. The lowest BCUT2D eigenvalue weighted by Gasteiger charge is -2.17. The van der Waals surface area contributed by atoms with E-state index >= 15 is 0 Å². The van der Waals surface area contributed by atoms with Crippen LogP contribution in [0, 0.1) is 13.8 Å². The first-order chi connectivity index (χ1) is 14.3. The van der Waals surface area contributed by atoms with Gasteiger partial charge >= 0.3 is 0 Å². The zero-order valence-corrected chi connectivity index (χ0v) is 19.0. The van der Waals surface area contributed by atoms with Gasteiger partial charge in [-0.25, -0.2) is 0 Å². The Morgan fingerprint density at radius 1 is 1.07 bits per heavy atom. The van der Waals surface area contributed by atoms with Gasteiger partial charge in [0.15, 0.2) is 0 Å². The highest BCUT2D eigenvalue weighted by atomic mass is 35.5. The number of halogens is 2. The number of amides is 1. The second-order valence-electron chi connectivity index (χ2n) is 7.49. The van der Waals surface area contributed by atoms with Gasteiger partial charge in [0, 0.05) is 24.3 Å². The summed E-state index contributed by atoms with van der Waals surface area (Å²) in [6, 6.07) is 15.7. The lowest BCUT2D eigenvalue weighted by atomic mass is 10.2. The fourth-order valence-electron chi connectivity index (χ4n) is 3.39. The number of aromatic nitrogens is 2. The summed E-state index contributed by atoms with van der Waals surface area (Å²) in [6.07, 6.45) is 0. The Labute approximate surface area is 187 Å². The van der Waals surface area contributed by atoms with Crippen LogP contribution in [-0.2, 0) is 24.4 Å². The molecule has 30 heavy (non-hydrogen) atoms. The molecule has 3 aromatic rings. The van der Waals surface area contributed by atoms with Gasteiger partial charge in [-0.3, -0.25) is 14.4 Å². The van der Waals surface area contributed by atoms with E-state index in [-0.39, 0.29) is 12.5 Å². The van der Waals surface area contributed by atoms with Crippen LogP contribution < -0.4 is 5.32 Å². The van der Waals surface area contributed by atoms with Crippen molar-refractivity contribution in [2.75, 3.05) is 13.6 Å². The van der Waals surface area contributed by atoms with Crippen LogP contribution in [0.5, 0.6) is 0 Å². The van der Waals surface area contributed by atoms with Crippen LogP contribution in [0.3, 0.4) is 0 Å². The van der Waals surface area contributed by atoms with Crippen molar-refractivity contribution in [1.29, 1.82) is 0 Å². The molecule has 0 radical (unpaired) electrons. The number of nitrogens with zero attached hydrogens (tertiary/aromatic N) is 3. The standard InChI is InChI=1S/C23H26Cl2N4O/c1-16-20(17(2)29(27-16)14-18-7-5-4-6-8-18)12-26-23(30)15-28(3)13-19-9-10-21(24)22(25)11-19/h4-11H,12-15H2,1-3H3,(H,26,30). The third-order valence-corrected chi connectivity index (χ3v) is 5.76. The molecule has 1 heterocycles. The zero-order chi connectivity index (χ0) is 21.7. The number of hydrogen-bond donors (Lipinski definition) is 1. The van der Waals surface area contributed by atoms with Crippen molar-refractivity contribution in [1.82, 2.24) is 20.0 Å². The summed E-state index contributed by atoms with van der Waals surface area (Å²) < 4.78 is 1.99. The highest BCUT2D eigenvalue weighted by Crippen LogP contribution is 2.23. The summed E-state index contributed by atoms with van der Waals surface area (Å²) in [5.41, 5.74) is 5.27. The van der Waals surface area contributed by atoms with Gasteiger partial charge in [0.1, 0.15) is 0 Å². The molecule has 0 bridgehead atoms. The number of hydrogen-bond acceptors (Lipinski definition) is 3. The van der Waals surface area contributed by atoms with E-state index in [1.165, 1.54) is 5.56 Å². The van der Waals surface area contributed by atoms with E-state index in [1.807, 2.05) is 60.8 Å². The molecular weight excluding hydrogens is 419 g/mol. The van der Waals surface area contributed by atoms with Crippen LogP contribution in [0.25, 0.3) is 0 Å². The normalized spacial score (nSPS) is 11.1. The maximum Gasteiger partial charge on any atom is 0.234 e. The largest absolute Gasteiger partial charge is 0.351 e. The van der Waals surface area contributed by atoms with E-state index in [2.05, 4.69) is 22.5 Å². The first-order valence-electron chi connectivity index (χ1n) is 9.79. The minimum absolute atomic E-state index is 0.0350. The summed E-state index contributed by atoms with van der Waals surface area (Å²) in [5, 5.41) is 8.71. The molecule has 0 aliphatic carbocycles. The van der Waals surface area contributed by atoms with E-state index in [9.17, 15) is 4.79 Å². The van der Waals surface area contributed by atoms with Crippen molar-refractivity contribution in [3.05, 3.63) is 86.7 Å². The van der Waals surface area contributed by atoms with Gasteiger partial charge in [0.2, 0.25) is 5.91 Å². The maximum absolute atomic E-state index is 12.4. The number of carbonyl (C=O) groups is 1. The topological polar surface area (TPSA) is 50.2 Å². The van der Waals surface area contributed by atoms with Crippen LogP contribution in [0.4, 0.5) is 0 Å². The number of carbonyl (C=O) groups excluding carboxylic acids is 1. The number of aryl methyl sites for hydroxylation is 1. The van der Waals surface area contributed by atoms with Crippen LogP contribution in [0.1, 0.15) is 28.1 Å². The van der Waals surface area contributed by atoms with Crippen molar-refractivity contribution in [2.24, 2.45) is 0 Å². The Kier molecular flexibility index (Phi) is 7.53. The zero-order valence-electron chi connectivity index (χ0n) is 17.5. The molecule has 0 saturated heterocycles. The third-order valence-electron chi connectivity index (χ3n) is 5.02. The Bertz CT molecular complexity index is 1020. The Balaban J connectivity index is 1.54. The van der Waals surface area contributed by atoms with Crippen molar-refractivity contribution in [3.8, 4) is 0 Å². The van der Waals surface area contributed by atoms with Gasteiger partial charge in [-0.15, -0.1) is 0 Å². The number of benzene rings is 2. The maximum atomic E-state index is 12.4. The van der Waals surface area contributed by atoms with E-state index in [0.717, 1.165) is 22.5 Å². The molecule has 0 fully saturated rings. The molecule has 0 saturated carbocycles. The van der Waals surface area contributed by atoms with E-state index < -0.39 is 0 Å². The summed E-state index contributed by atoms with van der Waals surface area (Å²) in [5.74, 6) is -0.0350. The number of rotatable bonds is 8. The monoisotopic (exact) mass is 444 g/mol.